The maximum atomic E-state index is 3.73. The summed E-state index contributed by atoms with van der Waals surface area (Å²) < 4.78 is 0. The summed E-state index contributed by atoms with van der Waals surface area (Å²) in [5.74, 6) is 0.720. The smallest absolute Gasteiger partial charge is 0.0138 e. The molecule has 0 unspecified atom stereocenters. The molecule has 1 saturated carbocycles. The van der Waals surface area contributed by atoms with E-state index in [1.54, 1.807) is 0 Å². The van der Waals surface area contributed by atoms with Gasteiger partial charge in [0.2, 0.25) is 0 Å². The van der Waals surface area contributed by atoms with E-state index in [4.69, 9.17) is 0 Å². The Morgan fingerprint density at radius 2 is 1.75 bits per heavy atom. The topological polar surface area (TPSA) is 12.0 Å². The zero-order valence-electron chi connectivity index (χ0n) is 10.4. The summed E-state index contributed by atoms with van der Waals surface area (Å²) in [7, 11) is 0. The van der Waals surface area contributed by atoms with Crippen LogP contribution < -0.4 is 5.32 Å². The van der Waals surface area contributed by atoms with Crippen molar-refractivity contribution in [1.82, 2.24) is 5.32 Å². The molecule has 1 aromatic rings. The van der Waals surface area contributed by atoms with Crippen LogP contribution in [0.15, 0.2) is 30.3 Å². The fourth-order valence-corrected chi connectivity index (χ4v) is 2.86. The molecule has 0 heterocycles. The van der Waals surface area contributed by atoms with Gasteiger partial charge in [-0.15, -0.1) is 0 Å². The molecule has 2 atom stereocenters. The van der Waals surface area contributed by atoms with Crippen LogP contribution in [-0.2, 0) is 0 Å². The van der Waals surface area contributed by atoms with E-state index in [-0.39, 0.29) is 0 Å². The molecule has 1 nitrogen and oxygen atoms in total. The zero-order chi connectivity index (χ0) is 11.4. The highest BCUT2D eigenvalue weighted by atomic mass is 14.9. The summed E-state index contributed by atoms with van der Waals surface area (Å²) >= 11 is 0. The quantitative estimate of drug-likeness (QED) is 0.814. The van der Waals surface area contributed by atoms with Gasteiger partial charge >= 0.3 is 0 Å². The van der Waals surface area contributed by atoms with Crippen molar-refractivity contribution in [1.29, 1.82) is 0 Å². The van der Waals surface area contributed by atoms with Crippen LogP contribution in [-0.4, -0.2) is 12.1 Å². The summed E-state index contributed by atoms with van der Waals surface area (Å²) in [6.45, 7) is 4.49. The lowest BCUT2D eigenvalue weighted by atomic mass is 9.80. The summed E-state index contributed by atoms with van der Waals surface area (Å²) in [5.41, 5.74) is 1.51. The Kier molecular flexibility index (Phi) is 4.00. The maximum absolute atomic E-state index is 3.73. The van der Waals surface area contributed by atoms with Crippen LogP contribution in [0.1, 0.15) is 51.0 Å². The molecule has 1 heteroatoms. The van der Waals surface area contributed by atoms with Crippen LogP contribution >= 0.6 is 0 Å². The molecular weight excluding hydrogens is 194 g/mol. The Hall–Kier alpha value is -0.820. The molecule has 0 aromatic heterocycles. The van der Waals surface area contributed by atoms with Crippen molar-refractivity contribution >= 4 is 0 Å². The first-order valence-corrected chi connectivity index (χ1v) is 6.58. The third-order valence-electron chi connectivity index (χ3n) is 3.54. The molecule has 1 fully saturated rings. The van der Waals surface area contributed by atoms with E-state index in [9.17, 15) is 0 Å². The second-order valence-electron chi connectivity index (χ2n) is 5.23. The number of hydrogen-bond acceptors (Lipinski definition) is 1. The fourth-order valence-electron chi connectivity index (χ4n) is 2.86. The molecule has 0 spiro atoms. The van der Waals surface area contributed by atoms with Gasteiger partial charge in [-0.25, -0.2) is 0 Å². The van der Waals surface area contributed by atoms with Crippen LogP contribution in [0.2, 0.25) is 0 Å². The average molecular weight is 217 g/mol. The standard InChI is InChI=1S/C15H23N/c1-12(2)16-15-11-7-6-10-14(15)13-8-4-3-5-9-13/h3-5,8-9,12,14-16H,6-7,10-11H2,1-2H3/t14-,15-/m1/s1. The highest BCUT2D eigenvalue weighted by Crippen LogP contribution is 2.33. The van der Waals surface area contributed by atoms with Crippen molar-refractivity contribution in [3.63, 3.8) is 0 Å². The van der Waals surface area contributed by atoms with E-state index in [0.717, 1.165) is 5.92 Å². The van der Waals surface area contributed by atoms with E-state index in [1.165, 1.54) is 31.2 Å². The van der Waals surface area contributed by atoms with Crippen LogP contribution in [0.4, 0.5) is 0 Å². The molecule has 0 bridgehead atoms. The molecular formula is C15H23N. The van der Waals surface area contributed by atoms with Gasteiger partial charge in [-0.1, -0.05) is 57.0 Å². The molecule has 88 valence electrons. The van der Waals surface area contributed by atoms with Crippen LogP contribution in [0.3, 0.4) is 0 Å². The van der Waals surface area contributed by atoms with E-state index >= 15 is 0 Å². The first-order valence-electron chi connectivity index (χ1n) is 6.58. The van der Waals surface area contributed by atoms with E-state index < -0.39 is 0 Å². The first-order chi connectivity index (χ1) is 7.77. The van der Waals surface area contributed by atoms with Gasteiger partial charge in [-0.05, 0) is 24.3 Å². The van der Waals surface area contributed by atoms with Crippen molar-refractivity contribution in [2.45, 2.75) is 57.5 Å². The van der Waals surface area contributed by atoms with E-state index in [1.807, 2.05) is 0 Å². The molecule has 16 heavy (non-hydrogen) atoms. The predicted octanol–water partition coefficient (Wildman–Crippen LogP) is 3.71. The number of benzene rings is 1. The molecule has 0 saturated heterocycles. The Balaban J connectivity index is 2.10. The zero-order valence-corrected chi connectivity index (χ0v) is 10.4. The van der Waals surface area contributed by atoms with Gasteiger partial charge in [0, 0.05) is 12.1 Å². The van der Waals surface area contributed by atoms with Crippen LogP contribution in [0, 0.1) is 0 Å². The number of rotatable bonds is 3. The largest absolute Gasteiger partial charge is 0.311 e. The van der Waals surface area contributed by atoms with Gasteiger partial charge in [-0.2, -0.15) is 0 Å². The van der Waals surface area contributed by atoms with E-state index in [0.29, 0.717) is 12.1 Å². The summed E-state index contributed by atoms with van der Waals surface area (Å²) in [5, 5.41) is 3.73. The Labute approximate surface area is 99.3 Å². The molecule has 0 amide bonds. The molecule has 1 aliphatic carbocycles. The SMILES string of the molecule is CC(C)N[C@@H]1CCCC[C@@H]1c1ccccc1. The summed E-state index contributed by atoms with van der Waals surface area (Å²) in [6, 6.07) is 12.3. The minimum absolute atomic E-state index is 0.592. The number of nitrogens with one attached hydrogen (secondary N) is 1. The highest BCUT2D eigenvalue weighted by Gasteiger charge is 2.26. The highest BCUT2D eigenvalue weighted by molar-refractivity contribution is 5.22. The van der Waals surface area contributed by atoms with Gasteiger partial charge in [0.05, 0.1) is 0 Å². The van der Waals surface area contributed by atoms with Crippen LogP contribution in [0.5, 0.6) is 0 Å². The number of hydrogen-bond donors (Lipinski definition) is 1. The average Bonchev–Trinajstić information content (AvgIpc) is 2.30. The van der Waals surface area contributed by atoms with Gasteiger partial charge in [0.15, 0.2) is 0 Å². The Morgan fingerprint density at radius 3 is 2.44 bits per heavy atom. The van der Waals surface area contributed by atoms with Crippen molar-refractivity contribution in [2.24, 2.45) is 0 Å². The van der Waals surface area contributed by atoms with Gasteiger partial charge in [0.1, 0.15) is 0 Å². The van der Waals surface area contributed by atoms with Crippen molar-refractivity contribution < 1.29 is 0 Å². The minimum Gasteiger partial charge on any atom is -0.311 e. The lowest BCUT2D eigenvalue weighted by molar-refractivity contribution is 0.310. The van der Waals surface area contributed by atoms with Crippen molar-refractivity contribution in [3.8, 4) is 0 Å². The molecule has 0 radical (unpaired) electrons. The fraction of sp³-hybridized carbons (Fsp3) is 0.600. The lowest BCUT2D eigenvalue weighted by Crippen LogP contribution is -2.41. The van der Waals surface area contributed by atoms with Crippen LogP contribution in [0.25, 0.3) is 0 Å². The van der Waals surface area contributed by atoms with Gasteiger partial charge < -0.3 is 5.32 Å². The second-order valence-corrected chi connectivity index (χ2v) is 5.23. The lowest BCUT2D eigenvalue weighted by Gasteiger charge is -2.34. The van der Waals surface area contributed by atoms with Crippen molar-refractivity contribution in [2.75, 3.05) is 0 Å². The molecule has 1 aliphatic rings. The molecule has 2 rings (SSSR count). The first kappa shape index (κ1) is 11.7. The third-order valence-corrected chi connectivity index (χ3v) is 3.54. The monoisotopic (exact) mass is 217 g/mol. The van der Waals surface area contributed by atoms with Gasteiger partial charge in [-0.3, -0.25) is 0 Å². The molecule has 1 aromatic carbocycles. The predicted molar refractivity (Wildman–Crippen MR) is 69.7 cm³/mol. The normalized spacial score (nSPS) is 25.9. The molecule has 1 N–H and O–H groups in total. The minimum atomic E-state index is 0.592. The third kappa shape index (κ3) is 2.85. The Morgan fingerprint density at radius 1 is 1.06 bits per heavy atom. The summed E-state index contributed by atoms with van der Waals surface area (Å²) in [6.07, 6.45) is 5.44. The molecule has 0 aliphatic heterocycles. The van der Waals surface area contributed by atoms with E-state index in [2.05, 4.69) is 49.5 Å². The summed E-state index contributed by atoms with van der Waals surface area (Å²) in [4.78, 5) is 0. The maximum Gasteiger partial charge on any atom is 0.0138 e. The second kappa shape index (κ2) is 5.49. The van der Waals surface area contributed by atoms with Gasteiger partial charge in [0.25, 0.3) is 0 Å². The Bertz CT molecular complexity index is 304. The van der Waals surface area contributed by atoms with Crippen molar-refractivity contribution in [3.05, 3.63) is 35.9 Å².